The molecule has 0 N–H and O–H groups in total. The first-order valence-electron chi connectivity index (χ1n) is 14.7. The van der Waals surface area contributed by atoms with Crippen LogP contribution in [0.4, 0.5) is 0 Å². The summed E-state index contributed by atoms with van der Waals surface area (Å²) in [6.07, 6.45) is 11.5. The Morgan fingerprint density at radius 1 is 0.439 bits per heavy atom. The third-order valence-electron chi connectivity index (χ3n) is 9.43. The molecule has 0 bridgehead atoms. The van der Waals surface area contributed by atoms with Gasteiger partial charge in [-0.2, -0.15) is 0 Å². The van der Waals surface area contributed by atoms with Gasteiger partial charge in [-0.15, -0.1) is 0 Å². The molecule has 2 aliphatic rings. The maximum absolute atomic E-state index is 2.56. The van der Waals surface area contributed by atoms with Crippen molar-refractivity contribution in [1.29, 1.82) is 0 Å². The summed E-state index contributed by atoms with van der Waals surface area (Å²) in [7, 11) is -2.00. The Balaban J connectivity index is 1.27. The van der Waals surface area contributed by atoms with E-state index in [1.807, 2.05) is 0 Å². The van der Waals surface area contributed by atoms with Crippen molar-refractivity contribution in [3.8, 4) is 22.3 Å². The first-order valence-corrected chi connectivity index (χ1v) is 17.7. The van der Waals surface area contributed by atoms with Gasteiger partial charge in [0, 0.05) is 0 Å². The first kappa shape index (κ1) is 24.3. The largest absolute Gasteiger partial charge is 0.113 e. The zero-order chi connectivity index (χ0) is 27.6. The second-order valence-electron chi connectivity index (χ2n) is 12.0. The summed E-state index contributed by atoms with van der Waals surface area (Å²) in [5, 5.41) is 8.41. The quantitative estimate of drug-likeness (QED) is 0.195. The topological polar surface area (TPSA) is 0 Å². The van der Waals surface area contributed by atoms with Crippen molar-refractivity contribution in [3.05, 3.63) is 144 Å². The molecule has 1 heteroatoms. The van der Waals surface area contributed by atoms with Crippen molar-refractivity contribution >= 4 is 52.1 Å². The van der Waals surface area contributed by atoms with Gasteiger partial charge in [0.25, 0.3) is 0 Å². The van der Waals surface area contributed by atoms with Gasteiger partial charge in [-0.25, -0.2) is 0 Å². The molecular weight excluding hydrogens is 509 g/mol. The summed E-state index contributed by atoms with van der Waals surface area (Å²) in [6.45, 7) is 5.12. The molecule has 6 aromatic rings. The molecular formula is C40H32Si. The van der Waals surface area contributed by atoms with Crippen LogP contribution in [0.5, 0.6) is 0 Å². The minimum Gasteiger partial charge on any atom is -0.0795 e. The SMILES string of the molecule is C[Si](C)(c1ccc(-c2cccc3ccccc23)c2c1CC=C2)c1ccc(-c2cccc3ccccc23)c2c1CC=C2. The Morgan fingerprint density at radius 2 is 0.878 bits per heavy atom. The number of fused-ring (bicyclic) bond motifs is 4. The maximum Gasteiger partial charge on any atom is 0.113 e. The monoisotopic (exact) mass is 540 g/mol. The van der Waals surface area contributed by atoms with Gasteiger partial charge in [-0.05, 0) is 78.9 Å². The summed E-state index contributed by atoms with van der Waals surface area (Å²) in [5.74, 6) is 0. The maximum atomic E-state index is 2.56. The van der Waals surface area contributed by atoms with E-state index in [4.69, 9.17) is 0 Å². The zero-order valence-corrected chi connectivity index (χ0v) is 24.6. The van der Waals surface area contributed by atoms with E-state index in [9.17, 15) is 0 Å². The van der Waals surface area contributed by atoms with Crippen molar-refractivity contribution in [2.75, 3.05) is 0 Å². The Kier molecular flexibility index (Phi) is 5.52. The molecule has 0 amide bonds. The Morgan fingerprint density at radius 3 is 1.37 bits per heavy atom. The second kappa shape index (κ2) is 9.29. The van der Waals surface area contributed by atoms with Crippen LogP contribution in [0.3, 0.4) is 0 Å². The highest BCUT2D eigenvalue weighted by Crippen LogP contribution is 2.38. The standard InChI is InChI=1S/C40H32Si/c1-41(2,39-25-23-35(33-19-9-21-37(33)39)31-17-7-13-27-11-3-5-15-29(27)31)40-26-24-36(34-20-10-22-38(34)40)32-18-8-14-28-12-4-6-16-30(28)32/h3-20,23-26H,21-22H2,1-2H3. The molecule has 0 atom stereocenters. The van der Waals surface area contributed by atoms with E-state index in [0.29, 0.717) is 0 Å². The van der Waals surface area contributed by atoms with Crippen molar-refractivity contribution in [2.24, 2.45) is 0 Å². The van der Waals surface area contributed by atoms with Crippen LogP contribution >= 0.6 is 0 Å². The van der Waals surface area contributed by atoms with Crippen molar-refractivity contribution < 1.29 is 0 Å². The number of hydrogen-bond donors (Lipinski definition) is 0. The predicted molar refractivity (Wildman–Crippen MR) is 181 cm³/mol. The van der Waals surface area contributed by atoms with E-state index >= 15 is 0 Å². The minimum atomic E-state index is -2.00. The zero-order valence-electron chi connectivity index (χ0n) is 23.6. The van der Waals surface area contributed by atoms with Gasteiger partial charge in [0.1, 0.15) is 8.07 Å². The molecule has 6 aromatic carbocycles. The van der Waals surface area contributed by atoms with Crippen molar-refractivity contribution in [1.82, 2.24) is 0 Å². The normalized spacial score (nSPS) is 13.7. The predicted octanol–water partition coefficient (Wildman–Crippen LogP) is 9.29. The number of hydrogen-bond acceptors (Lipinski definition) is 0. The lowest BCUT2D eigenvalue weighted by molar-refractivity contribution is 1.31. The third kappa shape index (κ3) is 3.73. The molecule has 2 aliphatic carbocycles. The van der Waals surface area contributed by atoms with Crippen LogP contribution in [-0.2, 0) is 12.8 Å². The van der Waals surface area contributed by atoms with E-state index < -0.39 is 8.07 Å². The molecule has 0 nitrogen and oxygen atoms in total. The van der Waals surface area contributed by atoms with E-state index in [2.05, 4.69) is 147 Å². The molecule has 8 rings (SSSR count). The second-order valence-corrected chi connectivity index (χ2v) is 16.3. The van der Waals surface area contributed by atoms with Gasteiger partial charge >= 0.3 is 0 Å². The van der Waals surface area contributed by atoms with E-state index in [-0.39, 0.29) is 0 Å². The average Bonchev–Trinajstić information content (AvgIpc) is 3.70. The third-order valence-corrected chi connectivity index (χ3v) is 13.1. The van der Waals surface area contributed by atoms with Crippen LogP contribution in [0.15, 0.2) is 121 Å². The van der Waals surface area contributed by atoms with Gasteiger partial charge in [-0.1, -0.05) is 157 Å². The summed E-state index contributed by atoms with van der Waals surface area (Å²) in [4.78, 5) is 0. The molecule has 0 heterocycles. The van der Waals surface area contributed by atoms with Crippen LogP contribution in [0, 0.1) is 0 Å². The molecule has 0 saturated heterocycles. The first-order chi connectivity index (χ1) is 20.1. The summed E-state index contributed by atoms with van der Waals surface area (Å²) in [6, 6.07) is 40.7. The van der Waals surface area contributed by atoms with Gasteiger partial charge in [-0.3, -0.25) is 0 Å². The van der Waals surface area contributed by atoms with Crippen LogP contribution in [0.25, 0.3) is 56.0 Å². The Bertz CT molecular complexity index is 1910. The molecule has 0 unspecified atom stereocenters. The van der Waals surface area contributed by atoms with Gasteiger partial charge in [0.2, 0.25) is 0 Å². The highest BCUT2D eigenvalue weighted by Gasteiger charge is 2.34. The van der Waals surface area contributed by atoms with Crippen LogP contribution in [-0.4, -0.2) is 8.07 Å². The lowest BCUT2D eigenvalue weighted by Gasteiger charge is -2.30. The van der Waals surface area contributed by atoms with Gasteiger partial charge in [0.15, 0.2) is 0 Å². The number of allylic oxidation sites excluding steroid dienone is 2. The fourth-order valence-electron chi connectivity index (χ4n) is 7.45. The highest BCUT2D eigenvalue weighted by atomic mass is 28.3. The molecule has 0 fully saturated rings. The molecule has 0 radical (unpaired) electrons. The van der Waals surface area contributed by atoms with E-state index in [1.165, 1.54) is 66.1 Å². The highest BCUT2D eigenvalue weighted by molar-refractivity contribution is 7.01. The minimum absolute atomic E-state index is 1.02. The molecule has 41 heavy (non-hydrogen) atoms. The molecule has 0 spiro atoms. The average molecular weight is 541 g/mol. The Labute approximate surface area is 243 Å². The summed E-state index contributed by atoms with van der Waals surface area (Å²) >= 11 is 0. The van der Waals surface area contributed by atoms with Crippen LogP contribution < -0.4 is 10.4 Å². The van der Waals surface area contributed by atoms with E-state index in [1.54, 1.807) is 10.4 Å². The lowest BCUT2D eigenvalue weighted by atomic mass is 9.93. The van der Waals surface area contributed by atoms with E-state index in [0.717, 1.165) is 12.8 Å². The summed E-state index contributed by atoms with van der Waals surface area (Å²) in [5.41, 5.74) is 11.3. The molecule has 0 aromatic heterocycles. The molecule has 0 aliphatic heterocycles. The fourth-order valence-corrected chi connectivity index (χ4v) is 10.7. The van der Waals surface area contributed by atoms with Crippen molar-refractivity contribution in [3.63, 3.8) is 0 Å². The van der Waals surface area contributed by atoms with Gasteiger partial charge in [0.05, 0.1) is 0 Å². The molecule has 0 saturated carbocycles. The van der Waals surface area contributed by atoms with Gasteiger partial charge < -0.3 is 0 Å². The summed E-state index contributed by atoms with van der Waals surface area (Å²) < 4.78 is 0. The van der Waals surface area contributed by atoms with Crippen molar-refractivity contribution in [2.45, 2.75) is 25.9 Å². The number of benzene rings is 6. The lowest BCUT2D eigenvalue weighted by Crippen LogP contribution is -2.55. The smallest absolute Gasteiger partial charge is 0.0795 e. The van der Waals surface area contributed by atoms with Crippen LogP contribution in [0.1, 0.15) is 22.3 Å². The Hall–Kier alpha value is -4.46. The molecule has 196 valence electrons. The van der Waals surface area contributed by atoms with Crippen LogP contribution in [0.2, 0.25) is 13.1 Å². The number of rotatable bonds is 4. The fraction of sp³-hybridized carbons (Fsp3) is 0.100.